The number of rotatable bonds is 10. The molecule has 12 heteroatoms. The molecule has 4 bridgehead atoms. The number of aliphatic hydroxyl groups is 2. The van der Waals surface area contributed by atoms with E-state index in [1.54, 1.807) is 32.9 Å². The molecule has 2 saturated heterocycles. The van der Waals surface area contributed by atoms with Crippen molar-refractivity contribution in [1.82, 2.24) is 4.90 Å². The number of methoxy groups -OCH3 is 1. The Kier molecular flexibility index (Phi) is 9.77. The largest absolute Gasteiger partial charge is 0.506 e. The van der Waals surface area contributed by atoms with Gasteiger partial charge in [-0.3, -0.25) is 14.5 Å². The van der Waals surface area contributed by atoms with Crippen LogP contribution in [0.4, 0.5) is 0 Å². The quantitative estimate of drug-likeness (QED) is 0.169. The first-order valence-electron chi connectivity index (χ1n) is 19.6. The molecule has 3 aliphatic carbocycles. The van der Waals surface area contributed by atoms with E-state index >= 15 is 9.59 Å². The Labute approximate surface area is 323 Å². The Morgan fingerprint density at radius 3 is 2.42 bits per heavy atom. The van der Waals surface area contributed by atoms with Crippen molar-refractivity contribution in [1.29, 1.82) is 0 Å². The van der Waals surface area contributed by atoms with Crippen molar-refractivity contribution in [3.05, 3.63) is 46.1 Å². The minimum atomic E-state index is -1.64. The van der Waals surface area contributed by atoms with Crippen LogP contribution in [0.2, 0.25) is 0 Å². The Morgan fingerprint density at radius 1 is 1.09 bits per heavy atom. The van der Waals surface area contributed by atoms with Gasteiger partial charge < -0.3 is 39.0 Å². The number of allylic oxidation sites excluding steroid dienone is 2. The van der Waals surface area contributed by atoms with Crippen LogP contribution in [0, 0.1) is 17.8 Å². The molecular weight excluding hydrogens is 706 g/mol. The van der Waals surface area contributed by atoms with Crippen molar-refractivity contribution < 1.29 is 53.4 Å². The van der Waals surface area contributed by atoms with E-state index in [1.165, 1.54) is 7.11 Å². The summed E-state index contributed by atoms with van der Waals surface area (Å²) in [4.78, 5) is 45.8. The van der Waals surface area contributed by atoms with Gasteiger partial charge in [-0.25, -0.2) is 4.79 Å². The smallest absolute Gasteiger partial charge is 0.333 e. The fourth-order valence-corrected chi connectivity index (χ4v) is 10.4. The highest BCUT2D eigenvalue weighted by atomic mass is 16.6. The molecule has 0 aromatic heterocycles. The van der Waals surface area contributed by atoms with Crippen molar-refractivity contribution in [2.45, 2.75) is 128 Å². The molecule has 7 aliphatic rings. The van der Waals surface area contributed by atoms with Crippen molar-refractivity contribution in [3.63, 3.8) is 0 Å². The minimum Gasteiger partial charge on any atom is -0.506 e. The lowest BCUT2D eigenvalue weighted by Crippen LogP contribution is -2.82. The number of aromatic hydroxyl groups is 1. The number of hydrogen-bond acceptors (Lipinski definition) is 12. The summed E-state index contributed by atoms with van der Waals surface area (Å²) in [5.74, 6) is -2.60. The summed E-state index contributed by atoms with van der Waals surface area (Å²) in [6, 6.07) is -0.529. The Morgan fingerprint density at radius 2 is 1.78 bits per heavy atom. The van der Waals surface area contributed by atoms with Crippen molar-refractivity contribution in [2.24, 2.45) is 17.8 Å². The zero-order valence-corrected chi connectivity index (χ0v) is 33.6. The number of ether oxygens (including phenoxy) is 5. The first kappa shape index (κ1) is 39.7. The molecular formula is C43H57NO11. The van der Waals surface area contributed by atoms with Gasteiger partial charge in [-0.1, -0.05) is 17.7 Å². The van der Waals surface area contributed by atoms with Gasteiger partial charge in [0.25, 0.3) is 0 Å². The van der Waals surface area contributed by atoms with Gasteiger partial charge in [0.2, 0.25) is 0 Å². The third-order valence-corrected chi connectivity index (χ3v) is 13.2. The average molecular weight is 764 g/mol. The molecule has 1 aromatic rings. The maximum atomic E-state index is 15.7. The van der Waals surface area contributed by atoms with Crippen molar-refractivity contribution in [2.75, 3.05) is 33.4 Å². The molecule has 1 aromatic carbocycles. The highest BCUT2D eigenvalue weighted by Gasteiger charge is 2.86. The third kappa shape index (κ3) is 6.00. The predicted molar refractivity (Wildman–Crippen MR) is 203 cm³/mol. The summed E-state index contributed by atoms with van der Waals surface area (Å²) in [7, 11) is 1.30. The number of aliphatic hydroxyl groups excluding tert-OH is 1. The number of morpholine rings is 1. The maximum Gasteiger partial charge on any atom is 0.333 e. The monoisotopic (exact) mass is 763 g/mol. The van der Waals surface area contributed by atoms with E-state index in [4.69, 9.17) is 23.7 Å². The van der Waals surface area contributed by atoms with Crippen molar-refractivity contribution >= 4 is 23.6 Å². The van der Waals surface area contributed by atoms with Crippen LogP contribution in [0.15, 0.2) is 29.4 Å². The lowest BCUT2D eigenvalue weighted by atomic mass is 9.44. The number of phenols is 1. The zero-order chi connectivity index (χ0) is 40.0. The van der Waals surface area contributed by atoms with Gasteiger partial charge >= 0.3 is 5.97 Å². The molecule has 0 amide bonds. The lowest BCUT2D eigenvalue weighted by Gasteiger charge is -2.64. The van der Waals surface area contributed by atoms with Crippen LogP contribution in [0.5, 0.6) is 17.2 Å². The number of fused-ring (bicyclic) bond motifs is 2. The molecule has 55 heavy (non-hydrogen) atoms. The summed E-state index contributed by atoms with van der Waals surface area (Å²) in [6.07, 6.45) is 7.55. The van der Waals surface area contributed by atoms with E-state index in [-0.39, 0.29) is 41.5 Å². The number of ketones is 2. The second-order valence-electron chi connectivity index (χ2n) is 18.0. The van der Waals surface area contributed by atoms with Gasteiger partial charge in [0.1, 0.15) is 28.4 Å². The summed E-state index contributed by atoms with van der Waals surface area (Å²) in [5, 5.41) is 33.3. The molecule has 1 spiro atoms. The van der Waals surface area contributed by atoms with Gasteiger partial charge in [-0.05, 0) is 93.2 Å². The molecule has 4 heterocycles. The molecule has 5 fully saturated rings. The molecule has 8 unspecified atom stereocenters. The minimum absolute atomic E-state index is 0.0147. The highest BCUT2D eigenvalue weighted by Crippen LogP contribution is 2.71. The van der Waals surface area contributed by atoms with Crippen LogP contribution in [0.25, 0.3) is 6.08 Å². The van der Waals surface area contributed by atoms with E-state index in [0.29, 0.717) is 68.0 Å². The van der Waals surface area contributed by atoms with E-state index < -0.39 is 63.9 Å². The molecule has 3 N–H and O–H groups in total. The first-order valence-corrected chi connectivity index (χ1v) is 19.6. The van der Waals surface area contributed by atoms with E-state index in [2.05, 4.69) is 4.90 Å². The number of carbonyl (C=O) groups is 3. The fourth-order valence-electron chi connectivity index (χ4n) is 10.4. The molecule has 12 nitrogen and oxygen atoms in total. The van der Waals surface area contributed by atoms with E-state index in [0.717, 1.165) is 5.57 Å². The van der Waals surface area contributed by atoms with Crippen LogP contribution < -0.4 is 9.47 Å². The lowest BCUT2D eigenvalue weighted by molar-refractivity contribution is -0.216. The van der Waals surface area contributed by atoms with Gasteiger partial charge in [0, 0.05) is 48.5 Å². The van der Waals surface area contributed by atoms with Crippen LogP contribution in [-0.4, -0.2) is 111 Å². The number of benzene rings is 1. The van der Waals surface area contributed by atoms with E-state index in [1.807, 2.05) is 46.8 Å². The number of nitrogens with zero attached hydrogens (tertiary/aromatic N) is 1. The molecule has 4 aliphatic heterocycles. The molecule has 0 radical (unpaired) electrons. The number of esters is 1. The second-order valence-corrected chi connectivity index (χ2v) is 18.0. The number of carbonyl (C=O) groups excluding carboxylic acids is 3. The van der Waals surface area contributed by atoms with Gasteiger partial charge in [0.05, 0.1) is 49.1 Å². The van der Waals surface area contributed by atoms with E-state index in [9.17, 15) is 20.1 Å². The zero-order valence-electron chi connectivity index (χ0n) is 33.6. The summed E-state index contributed by atoms with van der Waals surface area (Å²) >= 11 is 0. The van der Waals surface area contributed by atoms with Gasteiger partial charge in [-0.15, -0.1) is 0 Å². The molecule has 8 atom stereocenters. The normalized spacial score (nSPS) is 33.9. The SMILES string of the molecule is COC(=O)C(C)=CCC12OC(C)(C)C3CC(C1=O)C(N1CCOCC1)C1C(=O)c4c(O)c5c(c(CC=C(C)C)c4OC132)OC(C)(CCC(O)C(C)(C)O)C=C5. The number of Topliss-reactive ketones (excluding diaryl/α,β-unsaturated/α-hetero) is 2. The summed E-state index contributed by atoms with van der Waals surface area (Å²) in [5.41, 5.74) is -4.01. The highest BCUT2D eigenvalue weighted by molar-refractivity contribution is 6.10. The third-order valence-electron chi connectivity index (χ3n) is 13.2. The Balaban J connectivity index is 1.46. The van der Waals surface area contributed by atoms with Gasteiger partial charge in [0.15, 0.2) is 22.8 Å². The number of hydrogen-bond donors (Lipinski definition) is 3. The van der Waals surface area contributed by atoms with Crippen LogP contribution in [0.1, 0.15) is 103 Å². The summed E-state index contributed by atoms with van der Waals surface area (Å²) < 4.78 is 32.0. The summed E-state index contributed by atoms with van der Waals surface area (Å²) in [6.45, 7) is 16.4. The Bertz CT molecular complexity index is 1880. The molecule has 300 valence electrons. The van der Waals surface area contributed by atoms with Crippen LogP contribution in [-0.2, 0) is 30.2 Å². The first-order chi connectivity index (χ1) is 25.7. The average Bonchev–Trinajstić information content (AvgIpc) is 3.27. The number of phenolic OH excluding ortho intramolecular Hbond substituents is 1. The standard InChI is InChI=1S/C43H57NO11/c1-23(2)10-11-26-35-25(13-15-41(8,53-35)16-14-29(45)39(4,5)50)33(46)30-34(47)31-32(44-18-20-52-21-19-44)27-22-28-40(6,7)55-42(37(27)48,43(28,31)54-36(26)30)17-12-24(3)38(49)51-9/h10,12-13,15,27-29,31-32,45-46,50H,11,14,16-22H2,1-9H3. The van der Waals surface area contributed by atoms with Crippen LogP contribution >= 0.6 is 0 Å². The van der Waals surface area contributed by atoms with Crippen LogP contribution in [0.3, 0.4) is 0 Å². The fraction of sp³-hybridized carbons (Fsp3) is 0.651. The Hall–Kier alpha value is -3.55. The predicted octanol–water partition coefficient (Wildman–Crippen LogP) is 4.88. The second kappa shape index (κ2) is 13.5. The maximum absolute atomic E-state index is 15.7. The molecule has 3 saturated carbocycles. The molecule has 8 rings (SSSR count). The van der Waals surface area contributed by atoms with Crippen molar-refractivity contribution in [3.8, 4) is 17.2 Å². The van der Waals surface area contributed by atoms with Gasteiger partial charge in [-0.2, -0.15) is 0 Å². The topological polar surface area (TPSA) is 161 Å².